The fourth-order valence-corrected chi connectivity index (χ4v) is 2.31. The Balaban J connectivity index is 1.91. The summed E-state index contributed by atoms with van der Waals surface area (Å²) in [7, 11) is 3.91. The first-order valence-electron chi connectivity index (χ1n) is 7.85. The van der Waals surface area contributed by atoms with Crippen molar-refractivity contribution in [2.24, 2.45) is 5.10 Å². The highest BCUT2D eigenvalue weighted by Gasteiger charge is 2.13. The molecule has 0 heterocycles. The number of aryl methyl sites for hydroxylation is 2. The van der Waals surface area contributed by atoms with Gasteiger partial charge in [-0.05, 0) is 54.8 Å². The van der Waals surface area contributed by atoms with Crippen molar-refractivity contribution in [2.75, 3.05) is 24.3 Å². The molecule has 0 saturated heterocycles. The van der Waals surface area contributed by atoms with E-state index >= 15 is 0 Å². The number of rotatable bonds is 4. The number of amides is 2. The summed E-state index contributed by atoms with van der Waals surface area (Å²) in [6.07, 6.45) is 1.49. The summed E-state index contributed by atoms with van der Waals surface area (Å²) in [4.78, 5) is 25.7. The molecule has 0 atom stereocenters. The van der Waals surface area contributed by atoms with Crippen LogP contribution in [0.15, 0.2) is 47.6 Å². The van der Waals surface area contributed by atoms with Crippen LogP contribution in [0.2, 0.25) is 0 Å². The molecule has 0 spiro atoms. The second kappa shape index (κ2) is 8.10. The van der Waals surface area contributed by atoms with E-state index in [0.29, 0.717) is 5.69 Å². The maximum absolute atomic E-state index is 11.9. The molecule has 0 unspecified atom stereocenters. The molecule has 0 aliphatic heterocycles. The van der Waals surface area contributed by atoms with Gasteiger partial charge in [-0.15, -0.1) is 0 Å². The van der Waals surface area contributed by atoms with Crippen LogP contribution in [0, 0.1) is 13.8 Å². The lowest BCUT2D eigenvalue weighted by atomic mass is 10.1. The molecule has 2 aromatic carbocycles. The highest BCUT2D eigenvalue weighted by molar-refractivity contribution is 6.39. The summed E-state index contributed by atoms with van der Waals surface area (Å²) in [6.45, 7) is 3.85. The molecule has 130 valence electrons. The van der Waals surface area contributed by atoms with E-state index in [1.165, 1.54) is 6.21 Å². The summed E-state index contributed by atoms with van der Waals surface area (Å²) < 4.78 is 0. The summed E-state index contributed by atoms with van der Waals surface area (Å²) in [5, 5.41) is 6.38. The van der Waals surface area contributed by atoms with Crippen LogP contribution in [-0.2, 0) is 9.59 Å². The van der Waals surface area contributed by atoms with E-state index < -0.39 is 11.8 Å². The minimum absolute atomic E-state index is 0.584. The second-order valence-electron chi connectivity index (χ2n) is 6.02. The van der Waals surface area contributed by atoms with Gasteiger partial charge < -0.3 is 10.2 Å². The minimum Gasteiger partial charge on any atom is -0.378 e. The average molecular weight is 338 g/mol. The molecule has 0 fully saturated rings. The van der Waals surface area contributed by atoms with Gasteiger partial charge in [0.25, 0.3) is 0 Å². The first-order chi connectivity index (χ1) is 11.8. The Kier molecular flexibility index (Phi) is 5.89. The summed E-state index contributed by atoms with van der Waals surface area (Å²) >= 11 is 0. The molecular weight excluding hydrogens is 316 g/mol. The fraction of sp³-hybridized carbons (Fsp3) is 0.211. The van der Waals surface area contributed by atoms with Gasteiger partial charge in [0.2, 0.25) is 0 Å². The van der Waals surface area contributed by atoms with Crippen molar-refractivity contribution in [3.05, 3.63) is 59.2 Å². The lowest BCUT2D eigenvalue weighted by Gasteiger charge is -2.11. The summed E-state index contributed by atoms with van der Waals surface area (Å²) in [5.74, 6) is -1.58. The number of benzene rings is 2. The van der Waals surface area contributed by atoms with Gasteiger partial charge in [0, 0.05) is 25.5 Å². The quantitative estimate of drug-likeness (QED) is 0.511. The van der Waals surface area contributed by atoms with Crippen molar-refractivity contribution in [1.29, 1.82) is 0 Å². The standard InChI is InChI=1S/C19H22N4O2/c1-13-9-14(2)11-16(10-13)21-18(24)19(25)22-20-12-15-5-7-17(8-6-15)23(3)4/h5-12H,1-4H3,(H,21,24)(H,22,25). The van der Waals surface area contributed by atoms with Crippen molar-refractivity contribution in [3.63, 3.8) is 0 Å². The SMILES string of the molecule is Cc1cc(C)cc(NC(=O)C(=O)NN=Cc2ccc(N(C)C)cc2)c1. The van der Waals surface area contributed by atoms with Crippen LogP contribution in [-0.4, -0.2) is 32.1 Å². The van der Waals surface area contributed by atoms with E-state index in [4.69, 9.17) is 0 Å². The zero-order valence-corrected chi connectivity index (χ0v) is 14.8. The molecule has 2 N–H and O–H groups in total. The monoisotopic (exact) mass is 338 g/mol. The van der Waals surface area contributed by atoms with Crippen LogP contribution < -0.4 is 15.6 Å². The van der Waals surface area contributed by atoms with Crippen molar-refractivity contribution in [3.8, 4) is 0 Å². The Morgan fingerprint density at radius 1 is 0.960 bits per heavy atom. The minimum atomic E-state index is -0.819. The predicted molar refractivity (Wildman–Crippen MR) is 101 cm³/mol. The number of carbonyl (C=O) groups excluding carboxylic acids is 2. The highest BCUT2D eigenvalue weighted by Crippen LogP contribution is 2.13. The van der Waals surface area contributed by atoms with E-state index in [2.05, 4.69) is 15.8 Å². The molecule has 6 heteroatoms. The number of hydrogen-bond acceptors (Lipinski definition) is 4. The van der Waals surface area contributed by atoms with Crippen LogP contribution in [0.3, 0.4) is 0 Å². The van der Waals surface area contributed by atoms with E-state index in [9.17, 15) is 9.59 Å². The van der Waals surface area contributed by atoms with Crippen LogP contribution in [0.1, 0.15) is 16.7 Å². The van der Waals surface area contributed by atoms with E-state index in [1.807, 2.05) is 63.2 Å². The maximum atomic E-state index is 11.9. The molecular formula is C19H22N4O2. The number of nitrogens with zero attached hydrogens (tertiary/aromatic N) is 2. The van der Waals surface area contributed by atoms with Crippen LogP contribution in [0.4, 0.5) is 11.4 Å². The fourth-order valence-electron chi connectivity index (χ4n) is 2.31. The molecule has 2 aromatic rings. The Labute approximate surface area is 147 Å². The maximum Gasteiger partial charge on any atom is 0.329 e. The smallest absolute Gasteiger partial charge is 0.329 e. The van der Waals surface area contributed by atoms with Gasteiger partial charge in [0.15, 0.2) is 0 Å². The van der Waals surface area contributed by atoms with Crippen LogP contribution in [0.5, 0.6) is 0 Å². The third-order valence-electron chi connectivity index (χ3n) is 3.47. The Bertz CT molecular complexity index is 775. The molecule has 2 rings (SSSR count). The molecule has 2 amide bonds. The predicted octanol–water partition coefficient (Wildman–Crippen LogP) is 2.46. The number of anilines is 2. The van der Waals surface area contributed by atoms with Crippen molar-refractivity contribution in [1.82, 2.24) is 5.43 Å². The Morgan fingerprint density at radius 3 is 2.12 bits per heavy atom. The molecule has 0 aliphatic rings. The molecule has 0 bridgehead atoms. The summed E-state index contributed by atoms with van der Waals surface area (Å²) in [6, 6.07) is 13.2. The number of hydrazone groups is 1. The lowest BCUT2D eigenvalue weighted by molar-refractivity contribution is -0.136. The number of hydrogen-bond donors (Lipinski definition) is 2. The van der Waals surface area contributed by atoms with Crippen molar-refractivity contribution >= 4 is 29.4 Å². The molecule has 6 nitrogen and oxygen atoms in total. The van der Waals surface area contributed by atoms with Gasteiger partial charge in [-0.2, -0.15) is 5.10 Å². The van der Waals surface area contributed by atoms with Gasteiger partial charge in [-0.1, -0.05) is 18.2 Å². The average Bonchev–Trinajstić information content (AvgIpc) is 2.54. The van der Waals surface area contributed by atoms with Gasteiger partial charge in [-0.25, -0.2) is 5.43 Å². The van der Waals surface area contributed by atoms with E-state index in [1.54, 1.807) is 12.1 Å². The number of nitrogens with one attached hydrogen (secondary N) is 2. The summed E-state index contributed by atoms with van der Waals surface area (Å²) in [5.41, 5.74) is 6.71. The zero-order valence-electron chi connectivity index (χ0n) is 14.8. The first-order valence-corrected chi connectivity index (χ1v) is 7.85. The molecule has 0 saturated carbocycles. The topological polar surface area (TPSA) is 73.8 Å². The van der Waals surface area contributed by atoms with Gasteiger partial charge in [0.05, 0.1) is 6.21 Å². The van der Waals surface area contributed by atoms with Gasteiger partial charge in [-0.3, -0.25) is 9.59 Å². The van der Waals surface area contributed by atoms with Crippen molar-refractivity contribution in [2.45, 2.75) is 13.8 Å². The number of carbonyl (C=O) groups is 2. The van der Waals surface area contributed by atoms with E-state index in [-0.39, 0.29) is 0 Å². The Hall–Kier alpha value is -3.15. The van der Waals surface area contributed by atoms with Crippen LogP contribution in [0.25, 0.3) is 0 Å². The van der Waals surface area contributed by atoms with Gasteiger partial charge in [0.1, 0.15) is 0 Å². The molecule has 0 radical (unpaired) electrons. The Morgan fingerprint density at radius 2 is 1.56 bits per heavy atom. The third kappa shape index (κ3) is 5.46. The van der Waals surface area contributed by atoms with Crippen LogP contribution >= 0.6 is 0 Å². The second-order valence-corrected chi connectivity index (χ2v) is 6.02. The largest absolute Gasteiger partial charge is 0.378 e. The normalized spacial score (nSPS) is 10.6. The first kappa shape index (κ1) is 18.2. The molecule has 0 aromatic heterocycles. The van der Waals surface area contributed by atoms with E-state index in [0.717, 1.165) is 22.4 Å². The van der Waals surface area contributed by atoms with Crippen molar-refractivity contribution < 1.29 is 9.59 Å². The third-order valence-corrected chi connectivity index (χ3v) is 3.47. The molecule has 0 aliphatic carbocycles. The highest BCUT2D eigenvalue weighted by atomic mass is 16.2. The van der Waals surface area contributed by atoms with Gasteiger partial charge >= 0.3 is 11.8 Å². The lowest BCUT2D eigenvalue weighted by Crippen LogP contribution is -2.32. The molecule has 25 heavy (non-hydrogen) atoms. The zero-order chi connectivity index (χ0) is 18.4.